The van der Waals surface area contributed by atoms with E-state index in [2.05, 4.69) is 5.32 Å². The molecule has 0 heterocycles. The van der Waals surface area contributed by atoms with Gasteiger partial charge in [-0.05, 0) is 35.4 Å². The molecule has 3 rings (SSSR count). The van der Waals surface area contributed by atoms with E-state index >= 15 is 0 Å². The summed E-state index contributed by atoms with van der Waals surface area (Å²) < 4.78 is 19.2. The average Bonchev–Trinajstić information content (AvgIpc) is 2.67. The van der Waals surface area contributed by atoms with Gasteiger partial charge >= 0.3 is 5.97 Å². The molecule has 3 aromatic rings. The number of benzene rings is 3. The zero-order valence-electron chi connectivity index (χ0n) is 14.2. The fourth-order valence-electron chi connectivity index (χ4n) is 2.52. The second-order valence-electron chi connectivity index (χ2n) is 5.73. The summed E-state index contributed by atoms with van der Waals surface area (Å²) in [6.45, 7) is -0.495. The summed E-state index contributed by atoms with van der Waals surface area (Å²) in [6, 6.07) is 19.9. The predicted octanol–water partition coefficient (Wildman–Crippen LogP) is 4.21. The molecule has 3 aromatic carbocycles. The second kappa shape index (κ2) is 8.14. The van der Waals surface area contributed by atoms with Crippen molar-refractivity contribution in [2.75, 3.05) is 11.9 Å². The highest BCUT2D eigenvalue weighted by Crippen LogP contribution is 2.23. The zero-order chi connectivity index (χ0) is 19.2. The maximum atomic E-state index is 14.2. The van der Waals surface area contributed by atoms with Crippen LogP contribution in [0.3, 0.4) is 0 Å². The monoisotopic (exact) mass is 365 g/mol. The van der Waals surface area contributed by atoms with E-state index in [1.54, 1.807) is 24.3 Å². The Balaban J connectivity index is 1.80. The van der Waals surface area contributed by atoms with Crippen LogP contribution < -0.4 is 10.1 Å². The molecule has 0 aliphatic carbocycles. The lowest BCUT2D eigenvalue weighted by atomic mass is 10.0. The summed E-state index contributed by atoms with van der Waals surface area (Å²) in [4.78, 5) is 23.1. The first-order valence-electron chi connectivity index (χ1n) is 8.14. The van der Waals surface area contributed by atoms with Crippen molar-refractivity contribution in [3.8, 4) is 16.9 Å². The highest BCUT2D eigenvalue weighted by Gasteiger charge is 2.14. The number of hydrogen-bond donors (Lipinski definition) is 2. The number of aliphatic carboxylic acids is 1. The Labute approximate surface area is 155 Å². The first kappa shape index (κ1) is 18.1. The Kier molecular flexibility index (Phi) is 5.47. The fourth-order valence-corrected chi connectivity index (χ4v) is 2.52. The van der Waals surface area contributed by atoms with Crippen molar-refractivity contribution in [2.24, 2.45) is 0 Å². The largest absolute Gasteiger partial charge is 0.482 e. The molecule has 1 amide bonds. The van der Waals surface area contributed by atoms with Crippen molar-refractivity contribution in [1.29, 1.82) is 0 Å². The number of anilines is 1. The highest BCUT2D eigenvalue weighted by atomic mass is 19.1. The number of carboxylic acid groups (broad SMARTS) is 1. The molecule has 0 fully saturated rings. The molecule has 0 radical (unpaired) electrons. The zero-order valence-corrected chi connectivity index (χ0v) is 14.2. The minimum atomic E-state index is -1.11. The van der Waals surface area contributed by atoms with E-state index in [1.807, 2.05) is 30.3 Å². The van der Waals surface area contributed by atoms with Crippen LogP contribution in [0.2, 0.25) is 0 Å². The number of amides is 1. The third-order valence-electron chi connectivity index (χ3n) is 3.77. The summed E-state index contributed by atoms with van der Waals surface area (Å²) in [5.41, 5.74) is 1.87. The first-order chi connectivity index (χ1) is 13.0. The SMILES string of the molecule is O=C(O)COc1cccc(NC(=O)c2cc(-c3ccccc3)ccc2F)c1. The molecule has 0 bridgehead atoms. The normalized spacial score (nSPS) is 10.3. The van der Waals surface area contributed by atoms with Crippen LogP contribution in [-0.2, 0) is 4.79 Å². The lowest BCUT2D eigenvalue weighted by molar-refractivity contribution is -0.139. The third-order valence-corrected chi connectivity index (χ3v) is 3.77. The second-order valence-corrected chi connectivity index (χ2v) is 5.73. The van der Waals surface area contributed by atoms with E-state index in [0.717, 1.165) is 11.1 Å². The van der Waals surface area contributed by atoms with Crippen LogP contribution in [0.15, 0.2) is 72.8 Å². The van der Waals surface area contributed by atoms with Crippen LogP contribution in [0.25, 0.3) is 11.1 Å². The molecule has 0 aromatic heterocycles. The van der Waals surface area contributed by atoms with Gasteiger partial charge in [-0.3, -0.25) is 4.79 Å². The minimum Gasteiger partial charge on any atom is -0.482 e. The molecule has 0 aliphatic heterocycles. The molecule has 6 heteroatoms. The molecule has 2 N–H and O–H groups in total. The van der Waals surface area contributed by atoms with Crippen molar-refractivity contribution in [2.45, 2.75) is 0 Å². The molecule has 0 spiro atoms. The average molecular weight is 365 g/mol. The van der Waals surface area contributed by atoms with E-state index in [0.29, 0.717) is 5.69 Å². The quantitative estimate of drug-likeness (QED) is 0.686. The standard InChI is InChI=1S/C21H16FNO4/c22-19-10-9-15(14-5-2-1-3-6-14)11-18(19)21(26)23-16-7-4-8-17(12-16)27-13-20(24)25/h1-12H,13H2,(H,23,26)(H,24,25). The number of hydrogen-bond acceptors (Lipinski definition) is 3. The van der Waals surface area contributed by atoms with Crippen LogP contribution in [0, 0.1) is 5.82 Å². The van der Waals surface area contributed by atoms with Crippen molar-refractivity contribution in [3.63, 3.8) is 0 Å². The van der Waals surface area contributed by atoms with Gasteiger partial charge in [-0.25, -0.2) is 9.18 Å². The Morgan fingerprint density at radius 3 is 2.44 bits per heavy atom. The fraction of sp³-hybridized carbons (Fsp3) is 0.0476. The van der Waals surface area contributed by atoms with Gasteiger partial charge in [0.2, 0.25) is 0 Å². The minimum absolute atomic E-state index is 0.0896. The Morgan fingerprint density at radius 2 is 1.70 bits per heavy atom. The summed E-state index contributed by atoms with van der Waals surface area (Å²) >= 11 is 0. The van der Waals surface area contributed by atoms with E-state index < -0.39 is 24.3 Å². The van der Waals surface area contributed by atoms with Crippen molar-refractivity contribution in [1.82, 2.24) is 0 Å². The van der Waals surface area contributed by atoms with E-state index in [4.69, 9.17) is 9.84 Å². The molecule has 0 unspecified atom stereocenters. The molecule has 0 saturated carbocycles. The Bertz CT molecular complexity index is 973. The Morgan fingerprint density at radius 1 is 0.926 bits per heavy atom. The number of carbonyl (C=O) groups excluding carboxylic acids is 1. The smallest absolute Gasteiger partial charge is 0.341 e. The van der Waals surface area contributed by atoms with E-state index in [-0.39, 0.29) is 11.3 Å². The molecule has 0 atom stereocenters. The molecule has 0 saturated heterocycles. The topological polar surface area (TPSA) is 75.6 Å². The predicted molar refractivity (Wildman–Crippen MR) is 99.4 cm³/mol. The third kappa shape index (κ3) is 4.70. The maximum absolute atomic E-state index is 14.2. The summed E-state index contributed by atoms with van der Waals surface area (Å²) in [7, 11) is 0. The first-order valence-corrected chi connectivity index (χ1v) is 8.14. The van der Waals surface area contributed by atoms with Gasteiger partial charge in [0.25, 0.3) is 5.91 Å². The molecule has 136 valence electrons. The van der Waals surface area contributed by atoms with E-state index in [9.17, 15) is 14.0 Å². The number of halogens is 1. The van der Waals surface area contributed by atoms with E-state index in [1.165, 1.54) is 18.2 Å². The van der Waals surface area contributed by atoms with Gasteiger partial charge < -0.3 is 15.2 Å². The van der Waals surface area contributed by atoms with Gasteiger partial charge in [0.1, 0.15) is 11.6 Å². The summed E-state index contributed by atoms with van der Waals surface area (Å²) in [5, 5.41) is 11.3. The van der Waals surface area contributed by atoms with Crippen LogP contribution in [0.4, 0.5) is 10.1 Å². The number of carbonyl (C=O) groups is 2. The maximum Gasteiger partial charge on any atom is 0.341 e. The van der Waals surface area contributed by atoms with Gasteiger partial charge in [-0.1, -0.05) is 42.5 Å². The number of nitrogens with one attached hydrogen (secondary N) is 1. The van der Waals surface area contributed by atoms with Crippen LogP contribution in [-0.4, -0.2) is 23.6 Å². The van der Waals surface area contributed by atoms with Gasteiger partial charge in [-0.2, -0.15) is 0 Å². The van der Waals surface area contributed by atoms with Gasteiger partial charge in [0, 0.05) is 11.8 Å². The van der Waals surface area contributed by atoms with Crippen LogP contribution >= 0.6 is 0 Å². The number of rotatable bonds is 6. The van der Waals surface area contributed by atoms with Gasteiger partial charge in [-0.15, -0.1) is 0 Å². The Hall–Kier alpha value is -3.67. The number of carboxylic acids is 1. The molecular formula is C21H16FNO4. The van der Waals surface area contributed by atoms with Gasteiger partial charge in [0.15, 0.2) is 6.61 Å². The summed E-state index contributed by atoms with van der Waals surface area (Å²) in [5.74, 6) is -2.07. The van der Waals surface area contributed by atoms with Crippen molar-refractivity contribution in [3.05, 3.63) is 84.2 Å². The highest BCUT2D eigenvalue weighted by molar-refractivity contribution is 6.05. The number of ether oxygens (including phenoxy) is 1. The van der Waals surface area contributed by atoms with Crippen molar-refractivity contribution < 1.29 is 23.8 Å². The van der Waals surface area contributed by atoms with Gasteiger partial charge in [0.05, 0.1) is 5.56 Å². The summed E-state index contributed by atoms with van der Waals surface area (Å²) in [6.07, 6.45) is 0. The molecule has 5 nitrogen and oxygen atoms in total. The van der Waals surface area contributed by atoms with Crippen molar-refractivity contribution >= 4 is 17.6 Å². The van der Waals surface area contributed by atoms with Crippen LogP contribution in [0.1, 0.15) is 10.4 Å². The molecular weight excluding hydrogens is 349 g/mol. The van der Waals surface area contributed by atoms with Crippen LogP contribution in [0.5, 0.6) is 5.75 Å². The molecule has 27 heavy (non-hydrogen) atoms. The lowest BCUT2D eigenvalue weighted by Gasteiger charge is -2.10. The lowest BCUT2D eigenvalue weighted by Crippen LogP contribution is -2.14. The molecule has 0 aliphatic rings.